The van der Waals surface area contributed by atoms with Gasteiger partial charge in [0.05, 0.1) is 12.7 Å². The van der Waals surface area contributed by atoms with Crippen molar-refractivity contribution in [1.29, 1.82) is 0 Å². The second kappa shape index (κ2) is 5.58. The van der Waals surface area contributed by atoms with Crippen LogP contribution in [-0.4, -0.2) is 24.5 Å². The molecule has 0 amide bonds. The zero-order chi connectivity index (χ0) is 12.0. The van der Waals surface area contributed by atoms with Crippen molar-refractivity contribution in [2.24, 2.45) is 0 Å². The summed E-state index contributed by atoms with van der Waals surface area (Å²) in [5.41, 5.74) is 9.71. The standard InChI is InChI=1S/C11H14N2O2S/c1-16(14,15)11(13-12)9-5-8-10-6-3-2-4-7-10/h2-4,6-7H,5,8-9H2,1H3. The van der Waals surface area contributed by atoms with Crippen molar-refractivity contribution in [3.8, 4) is 0 Å². The van der Waals surface area contributed by atoms with Crippen molar-refractivity contribution in [2.75, 3.05) is 6.26 Å². The number of nitrogens with zero attached hydrogens (tertiary/aromatic N) is 2. The predicted octanol–water partition coefficient (Wildman–Crippen LogP) is 1.68. The second-order valence-electron chi connectivity index (χ2n) is 3.61. The zero-order valence-electron chi connectivity index (χ0n) is 9.13. The lowest BCUT2D eigenvalue weighted by Crippen LogP contribution is -2.14. The quantitative estimate of drug-likeness (QED) is 0.346. The maximum atomic E-state index is 11.1. The molecule has 16 heavy (non-hydrogen) atoms. The molecule has 0 spiro atoms. The summed E-state index contributed by atoms with van der Waals surface area (Å²) < 4.78 is 22.2. The van der Waals surface area contributed by atoms with Crippen molar-refractivity contribution < 1.29 is 13.2 Å². The van der Waals surface area contributed by atoms with Crippen LogP contribution in [0, 0.1) is 0 Å². The van der Waals surface area contributed by atoms with E-state index in [2.05, 4.69) is 4.79 Å². The fourth-order valence-electron chi connectivity index (χ4n) is 1.40. The fraction of sp³-hybridized carbons (Fsp3) is 0.364. The molecule has 86 valence electrons. The number of rotatable bonds is 4. The Hall–Kier alpha value is -1.45. The third-order valence-electron chi connectivity index (χ3n) is 2.24. The van der Waals surface area contributed by atoms with Gasteiger partial charge in [0.2, 0.25) is 9.84 Å². The highest BCUT2D eigenvalue weighted by Crippen LogP contribution is 2.06. The van der Waals surface area contributed by atoms with Gasteiger partial charge in [-0.3, -0.25) is 0 Å². The van der Waals surface area contributed by atoms with Crippen LogP contribution in [0.2, 0.25) is 0 Å². The van der Waals surface area contributed by atoms with E-state index < -0.39 is 9.84 Å². The summed E-state index contributed by atoms with van der Waals surface area (Å²) in [5, 5.41) is -0.150. The van der Waals surface area contributed by atoms with E-state index in [1.54, 1.807) is 0 Å². The smallest absolute Gasteiger partial charge is 0.360 e. The van der Waals surface area contributed by atoms with Gasteiger partial charge in [-0.2, -0.15) is 4.79 Å². The molecule has 1 aromatic rings. The average Bonchev–Trinajstić information content (AvgIpc) is 2.24. The molecule has 0 saturated heterocycles. The molecule has 5 heteroatoms. The largest absolute Gasteiger partial charge is 0.381 e. The second-order valence-corrected chi connectivity index (χ2v) is 5.62. The number of aryl methyl sites for hydroxylation is 1. The fourth-order valence-corrected chi connectivity index (χ4v) is 2.06. The van der Waals surface area contributed by atoms with Gasteiger partial charge in [0.1, 0.15) is 0 Å². The highest BCUT2D eigenvalue weighted by atomic mass is 32.2. The number of hydrogen-bond acceptors (Lipinski definition) is 2. The molecule has 0 aliphatic carbocycles. The lowest BCUT2D eigenvalue weighted by molar-refractivity contribution is -0.00338. The maximum Gasteiger partial charge on any atom is 0.381 e. The Balaban J connectivity index is 2.51. The Morgan fingerprint density at radius 2 is 1.94 bits per heavy atom. The van der Waals surface area contributed by atoms with Crippen LogP contribution in [-0.2, 0) is 16.3 Å². The summed E-state index contributed by atoms with van der Waals surface area (Å²) in [6.07, 6.45) is 2.74. The third kappa shape index (κ3) is 3.96. The minimum atomic E-state index is -3.37. The van der Waals surface area contributed by atoms with Crippen LogP contribution in [0.4, 0.5) is 0 Å². The lowest BCUT2D eigenvalue weighted by atomic mass is 10.1. The first kappa shape index (κ1) is 12.6. The molecule has 1 rings (SSSR count). The monoisotopic (exact) mass is 238 g/mol. The molecule has 0 aliphatic rings. The Morgan fingerprint density at radius 1 is 1.31 bits per heavy atom. The summed E-state index contributed by atoms with van der Waals surface area (Å²) in [5.74, 6) is 0. The molecule has 0 saturated carbocycles. The van der Waals surface area contributed by atoms with Gasteiger partial charge in [0.15, 0.2) is 0 Å². The molecule has 0 radical (unpaired) electrons. The van der Waals surface area contributed by atoms with Crippen LogP contribution in [0.1, 0.15) is 18.4 Å². The summed E-state index contributed by atoms with van der Waals surface area (Å²) in [6.45, 7) is 0. The molecule has 1 aromatic carbocycles. The van der Waals surface area contributed by atoms with E-state index in [4.69, 9.17) is 5.53 Å². The summed E-state index contributed by atoms with van der Waals surface area (Å²) in [6, 6.07) is 9.77. The van der Waals surface area contributed by atoms with Crippen molar-refractivity contribution in [1.82, 2.24) is 0 Å². The molecular weight excluding hydrogens is 224 g/mol. The molecular formula is C11H14N2O2S. The van der Waals surface area contributed by atoms with Crippen LogP contribution >= 0.6 is 0 Å². The van der Waals surface area contributed by atoms with Gasteiger partial charge in [-0.15, -0.1) is 0 Å². The van der Waals surface area contributed by atoms with Gasteiger partial charge in [-0.25, -0.2) is 8.42 Å². The predicted molar refractivity (Wildman–Crippen MR) is 62.9 cm³/mol. The zero-order valence-corrected chi connectivity index (χ0v) is 9.94. The van der Waals surface area contributed by atoms with E-state index in [9.17, 15) is 8.42 Å². The Morgan fingerprint density at radius 3 is 2.44 bits per heavy atom. The first-order valence-electron chi connectivity index (χ1n) is 4.99. The Labute approximate surface area is 95.5 Å². The average molecular weight is 238 g/mol. The van der Waals surface area contributed by atoms with Gasteiger partial charge in [0.25, 0.3) is 0 Å². The van der Waals surface area contributed by atoms with Crippen LogP contribution in [0.5, 0.6) is 0 Å². The maximum absolute atomic E-state index is 11.1. The normalized spacial score (nSPS) is 10.8. The number of hydrogen-bond donors (Lipinski definition) is 0. The summed E-state index contributed by atoms with van der Waals surface area (Å²) in [7, 11) is -3.37. The minimum Gasteiger partial charge on any atom is -0.360 e. The lowest BCUT2D eigenvalue weighted by Gasteiger charge is -1.98. The minimum absolute atomic E-state index is 0.150. The summed E-state index contributed by atoms with van der Waals surface area (Å²) in [4.78, 5) is 2.82. The highest BCUT2D eigenvalue weighted by molar-refractivity contribution is 8.05. The summed E-state index contributed by atoms with van der Waals surface area (Å²) >= 11 is 0. The Kier molecular flexibility index (Phi) is 4.40. The molecule has 4 nitrogen and oxygen atoms in total. The van der Waals surface area contributed by atoms with Crippen LogP contribution in [0.3, 0.4) is 0 Å². The first-order valence-corrected chi connectivity index (χ1v) is 6.88. The molecule has 0 unspecified atom stereocenters. The van der Waals surface area contributed by atoms with E-state index in [1.807, 2.05) is 30.3 Å². The van der Waals surface area contributed by atoms with Gasteiger partial charge in [-0.1, -0.05) is 30.3 Å². The topological polar surface area (TPSA) is 70.5 Å². The molecule has 0 aliphatic heterocycles. The van der Waals surface area contributed by atoms with Crippen molar-refractivity contribution >= 4 is 14.9 Å². The van der Waals surface area contributed by atoms with E-state index >= 15 is 0 Å². The van der Waals surface area contributed by atoms with Crippen LogP contribution < -0.4 is 0 Å². The van der Waals surface area contributed by atoms with Crippen LogP contribution in [0.25, 0.3) is 5.53 Å². The van der Waals surface area contributed by atoms with E-state index in [1.165, 1.54) is 0 Å². The first-order chi connectivity index (χ1) is 7.54. The van der Waals surface area contributed by atoms with Crippen molar-refractivity contribution in [3.63, 3.8) is 0 Å². The van der Waals surface area contributed by atoms with Crippen molar-refractivity contribution in [2.45, 2.75) is 19.3 Å². The van der Waals surface area contributed by atoms with Gasteiger partial charge in [0, 0.05) is 0 Å². The van der Waals surface area contributed by atoms with Crippen molar-refractivity contribution in [3.05, 3.63) is 41.4 Å². The van der Waals surface area contributed by atoms with Gasteiger partial charge >= 0.3 is 5.04 Å². The van der Waals surface area contributed by atoms with E-state index in [0.717, 1.165) is 18.2 Å². The number of sulfone groups is 1. The SMILES string of the molecule is CS(=O)(=O)C(CCCc1ccccc1)=[N+]=[N-]. The molecule has 0 fully saturated rings. The van der Waals surface area contributed by atoms with Gasteiger partial charge < -0.3 is 5.53 Å². The number of benzene rings is 1. The Bertz CT molecular complexity index is 488. The van der Waals surface area contributed by atoms with Gasteiger partial charge in [-0.05, 0) is 18.4 Å². The molecule has 0 heterocycles. The van der Waals surface area contributed by atoms with E-state index in [-0.39, 0.29) is 11.5 Å². The molecule has 0 N–H and O–H groups in total. The highest BCUT2D eigenvalue weighted by Gasteiger charge is 2.21. The molecule has 0 aromatic heterocycles. The molecule has 0 bridgehead atoms. The molecule has 0 atom stereocenters. The van der Waals surface area contributed by atoms with Crippen LogP contribution in [0.15, 0.2) is 30.3 Å². The third-order valence-corrected chi connectivity index (χ3v) is 3.38. The van der Waals surface area contributed by atoms with E-state index in [0.29, 0.717) is 6.42 Å².